The lowest BCUT2D eigenvalue weighted by molar-refractivity contribution is 0.0185. The standard InChI is InChI=1S/C14H23N3O2S/c1-14(2,3)19-13(18)16-6-4-12(5-7-16)17-9-11(10-20)8-15-17/h8-9,12,20H,4-7,10H2,1-3H3. The number of ether oxygens (including phenoxy) is 1. The molecular weight excluding hydrogens is 274 g/mol. The lowest BCUT2D eigenvalue weighted by Crippen LogP contribution is -2.42. The van der Waals surface area contributed by atoms with Crippen molar-refractivity contribution in [3.8, 4) is 0 Å². The molecule has 20 heavy (non-hydrogen) atoms. The normalized spacial score (nSPS) is 17.3. The van der Waals surface area contributed by atoms with E-state index in [-0.39, 0.29) is 6.09 Å². The molecule has 0 N–H and O–H groups in total. The van der Waals surface area contributed by atoms with Gasteiger partial charge in [-0.1, -0.05) is 0 Å². The van der Waals surface area contributed by atoms with Gasteiger partial charge in [0.15, 0.2) is 0 Å². The van der Waals surface area contributed by atoms with Gasteiger partial charge in [-0.2, -0.15) is 17.7 Å². The van der Waals surface area contributed by atoms with Crippen molar-refractivity contribution in [3.05, 3.63) is 18.0 Å². The van der Waals surface area contributed by atoms with E-state index in [2.05, 4.69) is 17.7 Å². The fraction of sp³-hybridized carbons (Fsp3) is 0.714. The number of carbonyl (C=O) groups excluding carboxylic acids is 1. The number of hydrogen-bond acceptors (Lipinski definition) is 4. The highest BCUT2D eigenvalue weighted by molar-refractivity contribution is 7.79. The Balaban J connectivity index is 1.87. The molecule has 0 saturated carbocycles. The highest BCUT2D eigenvalue weighted by atomic mass is 32.1. The summed E-state index contributed by atoms with van der Waals surface area (Å²) in [5, 5.41) is 4.37. The zero-order valence-electron chi connectivity index (χ0n) is 12.4. The number of rotatable bonds is 2. The van der Waals surface area contributed by atoms with Gasteiger partial charge in [-0.25, -0.2) is 4.79 Å². The van der Waals surface area contributed by atoms with Crippen molar-refractivity contribution in [2.75, 3.05) is 13.1 Å². The summed E-state index contributed by atoms with van der Waals surface area (Å²) in [4.78, 5) is 13.8. The largest absolute Gasteiger partial charge is 0.444 e. The van der Waals surface area contributed by atoms with Gasteiger partial charge in [0.25, 0.3) is 0 Å². The smallest absolute Gasteiger partial charge is 0.410 e. The second-order valence-electron chi connectivity index (χ2n) is 6.19. The van der Waals surface area contributed by atoms with E-state index in [0.717, 1.165) is 31.5 Å². The third-order valence-corrected chi connectivity index (χ3v) is 3.69. The quantitative estimate of drug-likeness (QED) is 0.854. The molecule has 0 aliphatic carbocycles. The topological polar surface area (TPSA) is 47.4 Å². The van der Waals surface area contributed by atoms with Gasteiger partial charge in [0.2, 0.25) is 0 Å². The molecule has 0 spiro atoms. The van der Waals surface area contributed by atoms with Crippen molar-refractivity contribution < 1.29 is 9.53 Å². The first kappa shape index (κ1) is 15.2. The minimum Gasteiger partial charge on any atom is -0.444 e. The first-order chi connectivity index (χ1) is 9.39. The van der Waals surface area contributed by atoms with E-state index in [4.69, 9.17) is 4.74 Å². The SMILES string of the molecule is CC(C)(C)OC(=O)N1CCC(n2cc(CS)cn2)CC1. The van der Waals surface area contributed by atoms with Crippen LogP contribution in [-0.2, 0) is 10.5 Å². The highest BCUT2D eigenvalue weighted by Gasteiger charge is 2.27. The molecule has 2 rings (SSSR count). The van der Waals surface area contributed by atoms with Gasteiger partial charge >= 0.3 is 6.09 Å². The summed E-state index contributed by atoms with van der Waals surface area (Å²) in [7, 11) is 0. The molecule has 1 aromatic rings. The minimum atomic E-state index is -0.433. The van der Waals surface area contributed by atoms with Crippen LogP contribution in [0.25, 0.3) is 0 Å². The van der Waals surface area contributed by atoms with Gasteiger partial charge in [-0.05, 0) is 39.2 Å². The van der Waals surface area contributed by atoms with Crippen LogP contribution in [0.3, 0.4) is 0 Å². The molecule has 0 unspecified atom stereocenters. The van der Waals surface area contributed by atoms with Crippen molar-refractivity contribution in [1.82, 2.24) is 14.7 Å². The van der Waals surface area contributed by atoms with Crippen LogP contribution in [0.2, 0.25) is 0 Å². The molecule has 0 bridgehead atoms. The Morgan fingerprint density at radius 2 is 2.10 bits per heavy atom. The molecule has 0 atom stereocenters. The molecule has 5 nitrogen and oxygen atoms in total. The Kier molecular flexibility index (Phi) is 4.62. The van der Waals surface area contributed by atoms with Crippen LogP contribution in [0.15, 0.2) is 12.4 Å². The van der Waals surface area contributed by atoms with E-state index in [1.807, 2.05) is 37.8 Å². The van der Waals surface area contributed by atoms with Crippen LogP contribution in [-0.4, -0.2) is 39.5 Å². The van der Waals surface area contributed by atoms with Gasteiger partial charge in [0.05, 0.1) is 12.2 Å². The van der Waals surface area contributed by atoms with Crippen LogP contribution in [0.4, 0.5) is 4.79 Å². The Bertz CT molecular complexity index is 459. The molecule has 1 saturated heterocycles. The van der Waals surface area contributed by atoms with E-state index in [9.17, 15) is 4.79 Å². The highest BCUT2D eigenvalue weighted by Crippen LogP contribution is 2.23. The van der Waals surface area contributed by atoms with E-state index in [1.165, 1.54) is 0 Å². The summed E-state index contributed by atoms with van der Waals surface area (Å²) in [5.74, 6) is 0.705. The molecule has 1 aromatic heterocycles. The van der Waals surface area contributed by atoms with Gasteiger partial charge in [0.1, 0.15) is 5.60 Å². The van der Waals surface area contributed by atoms with Crippen molar-refractivity contribution in [1.29, 1.82) is 0 Å². The van der Waals surface area contributed by atoms with Crippen molar-refractivity contribution in [2.24, 2.45) is 0 Å². The van der Waals surface area contributed by atoms with E-state index >= 15 is 0 Å². The lowest BCUT2D eigenvalue weighted by atomic mass is 10.1. The van der Waals surface area contributed by atoms with Crippen LogP contribution >= 0.6 is 12.6 Å². The number of likely N-dealkylation sites (tertiary alicyclic amines) is 1. The van der Waals surface area contributed by atoms with Crippen molar-refractivity contribution in [2.45, 2.75) is 51.0 Å². The summed E-state index contributed by atoms with van der Waals surface area (Å²) >= 11 is 4.25. The van der Waals surface area contributed by atoms with E-state index < -0.39 is 5.60 Å². The average molecular weight is 297 g/mol. The number of carbonyl (C=O) groups is 1. The molecule has 6 heteroatoms. The van der Waals surface area contributed by atoms with Gasteiger partial charge < -0.3 is 9.64 Å². The predicted octanol–water partition coefficient (Wildman–Crippen LogP) is 2.88. The number of aromatic nitrogens is 2. The number of thiol groups is 1. The number of hydrogen-bond donors (Lipinski definition) is 1. The van der Waals surface area contributed by atoms with Gasteiger partial charge in [-0.3, -0.25) is 4.68 Å². The summed E-state index contributed by atoms with van der Waals surface area (Å²) < 4.78 is 7.39. The number of amides is 1. The first-order valence-corrected chi connectivity index (χ1v) is 7.64. The van der Waals surface area contributed by atoms with E-state index in [0.29, 0.717) is 11.8 Å². The average Bonchev–Trinajstić information content (AvgIpc) is 2.85. The fourth-order valence-corrected chi connectivity index (χ4v) is 2.46. The monoisotopic (exact) mass is 297 g/mol. The van der Waals surface area contributed by atoms with Crippen LogP contribution in [0.1, 0.15) is 45.2 Å². The second kappa shape index (κ2) is 6.08. The molecule has 2 heterocycles. The Hall–Kier alpha value is -1.17. The first-order valence-electron chi connectivity index (χ1n) is 7.01. The second-order valence-corrected chi connectivity index (χ2v) is 6.50. The minimum absolute atomic E-state index is 0.215. The van der Waals surface area contributed by atoms with Crippen molar-refractivity contribution in [3.63, 3.8) is 0 Å². The summed E-state index contributed by atoms with van der Waals surface area (Å²) in [5.41, 5.74) is 0.695. The Morgan fingerprint density at radius 1 is 1.45 bits per heavy atom. The van der Waals surface area contributed by atoms with Gasteiger partial charge in [0, 0.05) is 25.0 Å². The molecule has 1 aliphatic rings. The Morgan fingerprint density at radius 3 is 2.60 bits per heavy atom. The molecule has 0 aromatic carbocycles. The molecule has 0 radical (unpaired) electrons. The summed E-state index contributed by atoms with van der Waals surface area (Å²) in [6.45, 7) is 7.10. The molecule has 1 fully saturated rings. The van der Waals surface area contributed by atoms with Gasteiger partial charge in [-0.15, -0.1) is 0 Å². The van der Waals surface area contributed by atoms with Crippen LogP contribution < -0.4 is 0 Å². The lowest BCUT2D eigenvalue weighted by Gasteiger charge is -2.33. The van der Waals surface area contributed by atoms with Crippen molar-refractivity contribution >= 4 is 18.7 Å². The predicted molar refractivity (Wildman–Crippen MR) is 81.0 cm³/mol. The number of piperidine rings is 1. The zero-order valence-corrected chi connectivity index (χ0v) is 13.3. The zero-order chi connectivity index (χ0) is 14.8. The molecular formula is C14H23N3O2S. The third kappa shape index (κ3) is 3.91. The van der Waals surface area contributed by atoms with E-state index in [1.54, 1.807) is 4.90 Å². The molecule has 112 valence electrons. The van der Waals surface area contributed by atoms with Crippen LogP contribution in [0.5, 0.6) is 0 Å². The fourth-order valence-electron chi connectivity index (χ4n) is 2.30. The summed E-state index contributed by atoms with van der Waals surface area (Å²) in [6.07, 6.45) is 5.50. The number of nitrogens with zero attached hydrogens (tertiary/aromatic N) is 3. The molecule has 1 amide bonds. The Labute approximate surface area is 125 Å². The maximum atomic E-state index is 12.0. The third-order valence-electron chi connectivity index (χ3n) is 3.33. The maximum absolute atomic E-state index is 12.0. The maximum Gasteiger partial charge on any atom is 0.410 e. The summed E-state index contributed by atoms with van der Waals surface area (Å²) in [6, 6.07) is 0.363. The molecule has 1 aliphatic heterocycles. The van der Waals surface area contributed by atoms with Crippen LogP contribution in [0, 0.1) is 0 Å².